The van der Waals surface area contributed by atoms with Gasteiger partial charge in [-0.15, -0.1) is 11.3 Å². The molecule has 0 aliphatic carbocycles. The van der Waals surface area contributed by atoms with Gasteiger partial charge < -0.3 is 10.1 Å². The van der Waals surface area contributed by atoms with Crippen molar-refractivity contribution in [2.75, 3.05) is 32.8 Å². The smallest absolute Gasteiger partial charge is 0.0794 e. The maximum absolute atomic E-state index is 5.38. The van der Waals surface area contributed by atoms with Crippen molar-refractivity contribution in [2.45, 2.75) is 19.5 Å². The molecular formula is C15H22N4OS. The number of thiophene rings is 1. The van der Waals surface area contributed by atoms with E-state index < -0.39 is 0 Å². The fourth-order valence-electron chi connectivity index (χ4n) is 2.60. The van der Waals surface area contributed by atoms with Crippen molar-refractivity contribution < 1.29 is 4.74 Å². The summed E-state index contributed by atoms with van der Waals surface area (Å²) < 4.78 is 5.38. The van der Waals surface area contributed by atoms with Crippen molar-refractivity contribution in [3.05, 3.63) is 29.3 Å². The van der Waals surface area contributed by atoms with Crippen LogP contribution in [0.3, 0.4) is 0 Å². The Kier molecular flexibility index (Phi) is 5.03. The van der Waals surface area contributed by atoms with Gasteiger partial charge in [0, 0.05) is 37.8 Å². The highest BCUT2D eigenvalue weighted by Crippen LogP contribution is 2.25. The zero-order chi connectivity index (χ0) is 14.5. The van der Waals surface area contributed by atoms with E-state index >= 15 is 0 Å². The lowest BCUT2D eigenvalue weighted by atomic mass is 10.2. The fourth-order valence-corrected chi connectivity index (χ4v) is 3.35. The second kappa shape index (κ2) is 7.17. The Balaban J connectivity index is 1.52. The minimum absolute atomic E-state index is 0.453. The molecule has 1 fully saturated rings. The molecule has 0 amide bonds. The van der Waals surface area contributed by atoms with Gasteiger partial charge in [0.15, 0.2) is 0 Å². The molecule has 1 saturated heterocycles. The summed E-state index contributed by atoms with van der Waals surface area (Å²) in [6, 6.07) is 4.65. The third-order valence-electron chi connectivity index (χ3n) is 3.76. The van der Waals surface area contributed by atoms with Crippen LogP contribution in [0.15, 0.2) is 23.7 Å². The summed E-state index contributed by atoms with van der Waals surface area (Å²) in [6.07, 6.45) is 1.92. The lowest BCUT2D eigenvalue weighted by Crippen LogP contribution is -2.44. The third kappa shape index (κ3) is 3.91. The Bertz CT molecular complexity index is 534. The molecule has 1 aliphatic rings. The molecule has 5 nitrogen and oxygen atoms in total. The van der Waals surface area contributed by atoms with E-state index in [9.17, 15) is 0 Å². The molecule has 2 aromatic rings. The Morgan fingerprint density at radius 2 is 2.33 bits per heavy atom. The number of morpholine rings is 1. The molecule has 0 bridgehead atoms. The van der Waals surface area contributed by atoms with E-state index in [-0.39, 0.29) is 0 Å². The van der Waals surface area contributed by atoms with Crippen molar-refractivity contribution in [3.63, 3.8) is 0 Å². The minimum atomic E-state index is 0.453. The molecule has 0 saturated carbocycles. The number of ether oxygens (including phenoxy) is 1. The van der Waals surface area contributed by atoms with Gasteiger partial charge >= 0.3 is 0 Å². The van der Waals surface area contributed by atoms with E-state index in [1.54, 1.807) is 11.3 Å². The minimum Gasteiger partial charge on any atom is -0.379 e. The van der Waals surface area contributed by atoms with Gasteiger partial charge in [0.05, 0.1) is 30.0 Å². The van der Waals surface area contributed by atoms with Crippen LogP contribution in [-0.2, 0) is 11.3 Å². The normalized spacial score (nSPS) is 18.0. The Morgan fingerprint density at radius 1 is 1.48 bits per heavy atom. The molecular weight excluding hydrogens is 284 g/mol. The maximum atomic E-state index is 5.38. The molecule has 21 heavy (non-hydrogen) atoms. The second-order valence-electron chi connectivity index (χ2n) is 5.44. The highest BCUT2D eigenvalue weighted by molar-refractivity contribution is 7.13. The Labute approximate surface area is 129 Å². The molecule has 1 unspecified atom stereocenters. The largest absolute Gasteiger partial charge is 0.379 e. The molecule has 6 heteroatoms. The predicted octanol–water partition coefficient (Wildman–Crippen LogP) is 1.95. The van der Waals surface area contributed by atoms with Crippen molar-refractivity contribution >= 4 is 11.3 Å². The first-order chi connectivity index (χ1) is 10.3. The molecule has 1 aliphatic heterocycles. The van der Waals surface area contributed by atoms with Gasteiger partial charge in [-0.1, -0.05) is 6.07 Å². The summed E-state index contributed by atoms with van der Waals surface area (Å²) >= 11 is 1.74. The van der Waals surface area contributed by atoms with Crippen LogP contribution in [0.2, 0.25) is 0 Å². The predicted molar refractivity (Wildman–Crippen MR) is 85.5 cm³/mol. The monoisotopic (exact) mass is 306 g/mol. The van der Waals surface area contributed by atoms with Crippen molar-refractivity contribution in [2.24, 2.45) is 0 Å². The second-order valence-corrected chi connectivity index (χ2v) is 6.39. The number of rotatable bonds is 6. The standard InChI is InChI=1S/C15H22N4OS/c1-12(11-19-4-6-20-7-5-19)16-9-13-10-17-18-15(13)14-3-2-8-21-14/h2-3,8,10,12,16H,4-7,9,11H2,1H3,(H,17,18). The van der Waals surface area contributed by atoms with Crippen LogP contribution in [-0.4, -0.2) is 54.0 Å². The third-order valence-corrected chi connectivity index (χ3v) is 4.65. The quantitative estimate of drug-likeness (QED) is 0.856. The lowest BCUT2D eigenvalue weighted by Gasteiger charge is -2.29. The van der Waals surface area contributed by atoms with Gasteiger partial charge in [0.2, 0.25) is 0 Å². The average molecular weight is 306 g/mol. The number of nitrogens with zero attached hydrogens (tertiary/aromatic N) is 2. The number of aromatic nitrogens is 2. The summed E-state index contributed by atoms with van der Waals surface area (Å²) in [4.78, 5) is 3.70. The van der Waals surface area contributed by atoms with Crippen LogP contribution in [0.4, 0.5) is 0 Å². The molecule has 2 N–H and O–H groups in total. The molecule has 0 aromatic carbocycles. The first-order valence-electron chi connectivity index (χ1n) is 7.42. The summed E-state index contributed by atoms with van der Waals surface area (Å²) in [5.74, 6) is 0. The highest BCUT2D eigenvalue weighted by Gasteiger charge is 2.14. The van der Waals surface area contributed by atoms with E-state index in [1.807, 2.05) is 6.20 Å². The van der Waals surface area contributed by atoms with Crippen LogP contribution in [0.1, 0.15) is 12.5 Å². The van der Waals surface area contributed by atoms with E-state index in [0.29, 0.717) is 6.04 Å². The molecule has 3 rings (SSSR count). The number of hydrogen-bond donors (Lipinski definition) is 2. The van der Waals surface area contributed by atoms with Crippen LogP contribution >= 0.6 is 11.3 Å². The molecule has 1 atom stereocenters. The van der Waals surface area contributed by atoms with E-state index in [0.717, 1.165) is 45.1 Å². The number of nitrogens with one attached hydrogen (secondary N) is 2. The van der Waals surface area contributed by atoms with Gasteiger partial charge in [-0.05, 0) is 18.4 Å². The van der Waals surface area contributed by atoms with Crippen molar-refractivity contribution in [1.82, 2.24) is 20.4 Å². The highest BCUT2D eigenvalue weighted by atomic mass is 32.1. The lowest BCUT2D eigenvalue weighted by molar-refractivity contribution is 0.0343. The summed E-state index contributed by atoms with van der Waals surface area (Å²) in [5.41, 5.74) is 2.36. The molecule has 2 aromatic heterocycles. The summed E-state index contributed by atoms with van der Waals surface area (Å²) in [5, 5.41) is 13.0. The molecule has 0 spiro atoms. The number of hydrogen-bond acceptors (Lipinski definition) is 5. The molecule has 114 valence electrons. The van der Waals surface area contributed by atoms with Crippen molar-refractivity contribution in [1.29, 1.82) is 0 Å². The molecule has 0 radical (unpaired) electrons. The average Bonchev–Trinajstić information content (AvgIpc) is 3.17. The fraction of sp³-hybridized carbons (Fsp3) is 0.533. The topological polar surface area (TPSA) is 53.2 Å². The number of H-pyrrole nitrogens is 1. The number of aromatic amines is 1. The van der Waals surface area contributed by atoms with Crippen LogP contribution in [0.25, 0.3) is 10.6 Å². The zero-order valence-electron chi connectivity index (χ0n) is 12.3. The van der Waals surface area contributed by atoms with Gasteiger partial charge in [0.1, 0.15) is 0 Å². The Morgan fingerprint density at radius 3 is 3.10 bits per heavy atom. The van der Waals surface area contributed by atoms with Crippen molar-refractivity contribution in [3.8, 4) is 10.6 Å². The summed E-state index contributed by atoms with van der Waals surface area (Å²) in [6.45, 7) is 7.94. The van der Waals surface area contributed by atoms with Gasteiger partial charge in [-0.2, -0.15) is 5.10 Å². The van der Waals surface area contributed by atoms with Crippen LogP contribution in [0.5, 0.6) is 0 Å². The SMILES string of the molecule is CC(CN1CCOCC1)NCc1cn[nH]c1-c1cccs1. The Hall–Kier alpha value is -1.21. The van der Waals surface area contributed by atoms with E-state index in [1.165, 1.54) is 10.4 Å². The van der Waals surface area contributed by atoms with Gasteiger partial charge in [0.25, 0.3) is 0 Å². The van der Waals surface area contributed by atoms with Crippen LogP contribution in [0, 0.1) is 0 Å². The molecule has 3 heterocycles. The van der Waals surface area contributed by atoms with Crippen LogP contribution < -0.4 is 5.32 Å². The first-order valence-corrected chi connectivity index (χ1v) is 8.30. The summed E-state index contributed by atoms with van der Waals surface area (Å²) in [7, 11) is 0. The van der Waals surface area contributed by atoms with Gasteiger partial charge in [-0.3, -0.25) is 10.00 Å². The zero-order valence-corrected chi connectivity index (χ0v) is 13.2. The van der Waals surface area contributed by atoms with E-state index in [2.05, 4.69) is 44.9 Å². The first kappa shape index (κ1) is 14.7. The van der Waals surface area contributed by atoms with E-state index in [4.69, 9.17) is 4.74 Å². The maximum Gasteiger partial charge on any atom is 0.0794 e. The van der Waals surface area contributed by atoms with Gasteiger partial charge in [-0.25, -0.2) is 0 Å².